The summed E-state index contributed by atoms with van der Waals surface area (Å²) in [5.74, 6) is -1.71. The maximum absolute atomic E-state index is 12.4. The van der Waals surface area contributed by atoms with Crippen LogP contribution in [0.5, 0.6) is 5.75 Å². The molecular formula is C17H18F2N4O4. The van der Waals surface area contributed by atoms with Gasteiger partial charge in [0.2, 0.25) is 0 Å². The Balaban J connectivity index is 1.69. The van der Waals surface area contributed by atoms with E-state index in [2.05, 4.69) is 20.4 Å². The van der Waals surface area contributed by atoms with Crippen LogP contribution in [0.25, 0.3) is 5.69 Å². The lowest BCUT2D eigenvalue weighted by Gasteiger charge is -2.11. The molecule has 1 amide bonds. The van der Waals surface area contributed by atoms with Crippen molar-refractivity contribution in [2.75, 3.05) is 0 Å². The molecule has 1 aromatic carbocycles. The number of carboxylic acid groups (broad SMARTS) is 1. The van der Waals surface area contributed by atoms with Crippen LogP contribution in [0.4, 0.5) is 8.78 Å². The first kappa shape index (κ1) is 18.7. The Labute approximate surface area is 153 Å². The number of alkyl halides is 2. The number of rotatable bonds is 6. The summed E-state index contributed by atoms with van der Waals surface area (Å²) in [5, 5.41) is 19.7. The van der Waals surface area contributed by atoms with Crippen molar-refractivity contribution in [3.8, 4) is 11.4 Å². The van der Waals surface area contributed by atoms with E-state index in [0.29, 0.717) is 30.6 Å². The molecule has 0 aliphatic heterocycles. The van der Waals surface area contributed by atoms with Gasteiger partial charge in [0, 0.05) is 6.04 Å². The van der Waals surface area contributed by atoms with Crippen molar-refractivity contribution in [3.05, 3.63) is 35.7 Å². The van der Waals surface area contributed by atoms with Crippen LogP contribution in [0, 0.1) is 12.8 Å². The van der Waals surface area contributed by atoms with Gasteiger partial charge in [0.25, 0.3) is 5.91 Å². The number of amides is 1. The monoisotopic (exact) mass is 380 g/mol. The molecule has 1 fully saturated rings. The Morgan fingerprint density at radius 3 is 2.59 bits per heavy atom. The van der Waals surface area contributed by atoms with Crippen molar-refractivity contribution >= 4 is 11.9 Å². The number of hydrogen-bond donors (Lipinski definition) is 2. The van der Waals surface area contributed by atoms with Crippen molar-refractivity contribution in [3.63, 3.8) is 0 Å². The van der Waals surface area contributed by atoms with E-state index in [0.717, 1.165) is 0 Å². The van der Waals surface area contributed by atoms with Crippen LogP contribution in [0.3, 0.4) is 0 Å². The van der Waals surface area contributed by atoms with E-state index < -0.39 is 24.4 Å². The standard InChI is InChI=1S/C17H18F2N4O4/c1-9-14(15(24)20-11-3-2-10(8-11)16(25)26)21-22-23(9)12-4-6-13(7-5-12)27-17(18)19/h4-7,10-11,17H,2-3,8H2,1H3,(H,20,24)(H,25,26)/t10-,11+/m0/s1. The fraction of sp³-hybridized carbons (Fsp3) is 0.412. The van der Waals surface area contributed by atoms with Gasteiger partial charge in [-0.2, -0.15) is 8.78 Å². The minimum atomic E-state index is -2.91. The van der Waals surface area contributed by atoms with Gasteiger partial charge in [0.05, 0.1) is 17.3 Å². The average Bonchev–Trinajstić information content (AvgIpc) is 3.22. The molecule has 1 heterocycles. The molecule has 0 bridgehead atoms. The van der Waals surface area contributed by atoms with Crippen molar-refractivity contribution in [1.82, 2.24) is 20.3 Å². The second-order valence-electron chi connectivity index (χ2n) is 6.33. The number of nitrogens with one attached hydrogen (secondary N) is 1. The summed E-state index contributed by atoms with van der Waals surface area (Å²) in [6.45, 7) is -1.25. The highest BCUT2D eigenvalue weighted by molar-refractivity contribution is 5.93. The first-order valence-corrected chi connectivity index (χ1v) is 8.36. The summed E-state index contributed by atoms with van der Waals surface area (Å²) in [5.41, 5.74) is 1.14. The molecule has 1 aromatic heterocycles. The van der Waals surface area contributed by atoms with E-state index in [1.165, 1.54) is 28.9 Å². The Hall–Kier alpha value is -3.04. The SMILES string of the molecule is Cc1c(C(=O)N[C@@H]2CC[C@H](C(=O)O)C2)nnn1-c1ccc(OC(F)F)cc1. The third-order valence-electron chi connectivity index (χ3n) is 4.53. The molecule has 2 atom stereocenters. The number of aromatic nitrogens is 3. The van der Waals surface area contributed by atoms with Crippen molar-refractivity contribution < 1.29 is 28.2 Å². The first-order chi connectivity index (χ1) is 12.8. The Kier molecular flexibility index (Phi) is 5.33. The number of ether oxygens (including phenoxy) is 1. The number of benzene rings is 1. The summed E-state index contributed by atoms with van der Waals surface area (Å²) in [7, 11) is 0. The molecule has 10 heteroatoms. The van der Waals surface area contributed by atoms with Crippen LogP contribution < -0.4 is 10.1 Å². The van der Waals surface area contributed by atoms with Gasteiger partial charge in [-0.3, -0.25) is 9.59 Å². The van der Waals surface area contributed by atoms with Crippen LogP contribution in [0.2, 0.25) is 0 Å². The first-order valence-electron chi connectivity index (χ1n) is 8.36. The van der Waals surface area contributed by atoms with E-state index in [-0.39, 0.29) is 17.5 Å². The zero-order valence-electron chi connectivity index (χ0n) is 14.4. The minimum Gasteiger partial charge on any atom is -0.481 e. The highest BCUT2D eigenvalue weighted by atomic mass is 19.3. The zero-order valence-corrected chi connectivity index (χ0v) is 14.4. The second kappa shape index (κ2) is 7.68. The summed E-state index contributed by atoms with van der Waals surface area (Å²) < 4.78 is 30.1. The molecule has 1 aliphatic rings. The van der Waals surface area contributed by atoms with Crippen molar-refractivity contribution in [2.45, 2.75) is 38.8 Å². The third-order valence-corrected chi connectivity index (χ3v) is 4.53. The van der Waals surface area contributed by atoms with Crippen LogP contribution in [-0.4, -0.2) is 44.6 Å². The van der Waals surface area contributed by atoms with Crippen molar-refractivity contribution in [2.24, 2.45) is 5.92 Å². The third kappa shape index (κ3) is 4.21. The van der Waals surface area contributed by atoms with E-state index in [1.807, 2.05) is 0 Å². The Morgan fingerprint density at radius 1 is 1.30 bits per heavy atom. The van der Waals surface area contributed by atoms with Crippen molar-refractivity contribution in [1.29, 1.82) is 0 Å². The number of carbonyl (C=O) groups is 2. The quantitative estimate of drug-likeness (QED) is 0.795. The summed E-state index contributed by atoms with van der Waals surface area (Å²) in [4.78, 5) is 23.5. The maximum atomic E-state index is 12.4. The lowest BCUT2D eigenvalue weighted by Crippen LogP contribution is -2.34. The molecule has 2 aromatic rings. The number of nitrogens with zero attached hydrogens (tertiary/aromatic N) is 3. The highest BCUT2D eigenvalue weighted by Gasteiger charge is 2.31. The van der Waals surface area contributed by atoms with Gasteiger partial charge >= 0.3 is 12.6 Å². The number of aliphatic carboxylic acids is 1. The van der Waals surface area contributed by atoms with Crippen LogP contribution in [0.1, 0.15) is 35.4 Å². The molecular weight excluding hydrogens is 362 g/mol. The molecule has 2 N–H and O–H groups in total. The van der Waals surface area contributed by atoms with E-state index in [4.69, 9.17) is 5.11 Å². The van der Waals surface area contributed by atoms with Gasteiger partial charge < -0.3 is 15.2 Å². The highest BCUT2D eigenvalue weighted by Crippen LogP contribution is 2.26. The van der Waals surface area contributed by atoms with Gasteiger partial charge in [-0.05, 0) is 50.5 Å². The lowest BCUT2D eigenvalue weighted by molar-refractivity contribution is -0.141. The molecule has 3 rings (SSSR count). The number of hydrogen-bond acceptors (Lipinski definition) is 5. The van der Waals surface area contributed by atoms with Gasteiger partial charge in [-0.1, -0.05) is 5.21 Å². The molecule has 27 heavy (non-hydrogen) atoms. The molecule has 0 spiro atoms. The van der Waals surface area contributed by atoms with Gasteiger partial charge in [0.15, 0.2) is 5.69 Å². The number of carbonyl (C=O) groups excluding carboxylic acids is 1. The smallest absolute Gasteiger partial charge is 0.387 e. The summed E-state index contributed by atoms with van der Waals surface area (Å²) >= 11 is 0. The van der Waals surface area contributed by atoms with Gasteiger partial charge in [-0.25, -0.2) is 4.68 Å². The van der Waals surface area contributed by atoms with E-state index in [9.17, 15) is 18.4 Å². The predicted molar refractivity (Wildman–Crippen MR) is 89.0 cm³/mol. The lowest BCUT2D eigenvalue weighted by atomic mass is 10.1. The molecule has 1 saturated carbocycles. The van der Waals surface area contributed by atoms with Gasteiger partial charge in [-0.15, -0.1) is 5.10 Å². The van der Waals surface area contributed by atoms with E-state index >= 15 is 0 Å². The molecule has 0 saturated heterocycles. The van der Waals surface area contributed by atoms with Crippen LogP contribution in [-0.2, 0) is 4.79 Å². The Morgan fingerprint density at radius 2 is 2.00 bits per heavy atom. The summed E-state index contributed by atoms with van der Waals surface area (Å²) in [6, 6.07) is 5.57. The second-order valence-corrected chi connectivity index (χ2v) is 6.33. The Bertz CT molecular complexity index is 838. The molecule has 0 radical (unpaired) electrons. The molecule has 144 valence electrons. The predicted octanol–water partition coefficient (Wildman–Crippen LogP) is 2.16. The average molecular weight is 380 g/mol. The fourth-order valence-electron chi connectivity index (χ4n) is 3.14. The van der Waals surface area contributed by atoms with Gasteiger partial charge in [0.1, 0.15) is 5.75 Å². The molecule has 1 aliphatic carbocycles. The molecule has 0 unspecified atom stereocenters. The molecule has 8 nitrogen and oxygen atoms in total. The fourth-order valence-corrected chi connectivity index (χ4v) is 3.14. The summed E-state index contributed by atoms with van der Waals surface area (Å²) in [6.07, 6.45) is 1.51. The largest absolute Gasteiger partial charge is 0.481 e. The van der Waals surface area contributed by atoms with Crippen LogP contribution in [0.15, 0.2) is 24.3 Å². The number of carboxylic acids is 1. The topological polar surface area (TPSA) is 106 Å². The van der Waals surface area contributed by atoms with E-state index in [1.54, 1.807) is 6.92 Å². The normalized spacial score (nSPS) is 19.3. The van der Waals surface area contributed by atoms with Crippen LogP contribution >= 0.6 is 0 Å². The minimum absolute atomic E-state index is 0.0127. The maximum Gasteiger partial charge on any atom is 0.387 e. The zero-order chi connectivity index (χ0) is 19.6. The number of halogens is 2.